The Morgan fingerprint density at radius 3 is 2.60 bits per heavy atom. The van der Waals surface area contributed by atoms with Gasteiger partial charge in [-0.25, -0.2) is 14.1 Å². The van der Waals surface area contributed by atoms with Gasteiger partial charge in [-0.1, -0.05) is 28.9 Å². The molecule has 212 valence electrons. The van der Waals surface area contributed by atoms with Gasteiger partial charge >= 0.3 is 6.18 Å². The zero-order chi connectivity index (χ0) is 29.6. The van der Waals surface area contributed by atoms with Crippen LogP contribution in [0.3, 0.4) is 0 Å². The van der Waals surface area contributed by atoms with Gasteiger partial charge in [-0.3, -0.25) is 4.98 Å². The first-order valence-corrected chi connectivity index (χ1v) is 12.9. The van der Waals surface area contributed by atoms with Crippen molar-refractivity contribution in [1.29, 1.82) is 5.26 Å². The SMILES string of the molecule is N#Cc1cnc2c(N[C@@H](c3cccc(C(F)(F)F)c3)c3cn(C4CC4)nn3)cc(Cl)cc2c1Nc1cnc(F)c(F)c1. The molecule has 1 aliphatic carbocycles. The van der Waals surface area contributed by atoms with Gasteiger partial charge in [0.05, 0.1) is 58.2 Å². The summed E-state index contributed by atoms with van der Waals surface area (Å²) >= 11 is 6.47. The fraction of sp³-hybridized carbons (Fsp3) is 0.179. The van der Waals surface area contributed by atoms with Crippen molar-refractivity contribution in [3.63, 3.8) is 0 Å². The number of hydrogen-bond acceptors (Lipinski definition) is 7. The van der Waals surface area contributed by atoms with Crippen LogP contribution in [-0.4, -0.2) is 25.0 Å². The Kier molecular flexibility index (Phi) is 6.86. The lowest BCUT2D eigenvalue weighted by Gasteiger charge is -2.21. The van der Waals surface area contributed by atoms with Crippen LogP contribution in [0, 0.1) is 23.1 Å². The van der Waals surface area contributed by atoms with E-state index >= 15 is 0 Å². The van der Waals surface area contributed by atoms with Crippen LogP contribution in [0.25, 0.3) is 10.9 Å². The minimum atomic E-state index is -4.57. The Labute approximate surface area is 239 Å². The van der Waals surface area contributed by atoms with Crippen LogP contribution in [0.5, 0.6) is 0 Å². The van der Waals surface area contributed by atoms with Crippen LogP contribution in [-0.2, 0) is 6.18 Å². The topological polar surface area (TPSA) is 104 Å². The molecular weight excluding hydrogens is 579 g/mol. The van der Waals surface area contributed by atoms with Crippen molar-refractivity contribution < 1.29 is 22.0 Å². The van der Waals surface area contributed by atoms with Crippen molar-refractivity contribution in [2.24, 2.45) is 0 Å². The Morgan fingerprint density at radius 1 is 1.07 bits per heavy atom. The van der Waals surface area contributed by atoms with Crippen molar-refractivity contribution in [1.82, 2.24) is 25.0 Å². The van der Waals surface area contributed by atoms with E-state index in [9.17, 15) is 27.2 Å². The molecule has 2 N–H and O–H groups in total. The summed E-state index contributed by atoms with van der Waals surface area (Å²) in [5, 5.41) is 24.8. The molecule has 0 radical (unpaired) electrons. The number of hydrogen-bond donors (Lipinski definition) is 2. The van der Waals surface area contributed by atoms with Crippen molar-refractivity contribution in [2.75, 3.05) is 10.6 Å². The molecule has 1 saturated carbocycles. The highest BCUT2D eigenvalue weighted by molar-refractivity contribution is 6.32. The summed E-state index contributed by atoms with van der Waals surface area (Å²) in [6, 6.07) is 10.1. The molecule has 0 saturated heterocycles. The number of rotatable bonds is 7. The molecule has 1 atom stereocenters. The second kappa shape index (κ2) is 10.5. The average Bonchev–Trinajstić information content (AvgIpc) is 3.70. The number of fused-ring (bicyclic) bond motifs is 1. The second-order valence-electron chi connectivity index (χ2n) is 9.68. The van der Waals surface area contributed by atoms with Crippen LogP contribution in [0.2, 0.25) is 5.02 Å². The maximum Gasteiger partial charge on any atom is 0.416 e. The molecule has 2 aromatic carbocycles. The van der Waals surface area contributed by atoms with Gasteiger partial charge < -0.3 is 10.6 Å². The van der Waals surface area contributed by atoms with Crippen LogP contribution in [0.4, 0.5) is 39.0 Å². The minimum Gasteiger partial charge on any atom is -0.371 e. The third kappa shape index (κ3) is 5.40. The van der Waals surface area contributed by atoms with Crippen molar-refractivity contribution in [3.05, 3.63) is 100 Å². The highest BCUT2D eigenvalue weighted by atomic mass is 35.5. The number of alkyl halides is 3. The third-order valence-electron chi connectivity index (χ3n) is 6.71. The van der Waals surface area contributed by atoms with Crippen LogP contribution in [0.15, 0.2) is 61.1 Å². The fourth-order valence-electron chi connectivity index (χ4n) is 4.55. The number of nitriles is 1. The van der Waals surface area contributed by atoms with E-state index in [1.54, 1.807) is 16.9 Å². The smallest absolute Gasteiger partial charge is 0.371 e. The molecule has 0 unspecified atom stereocenters. The van der Waals surface area contributed by atoms with Crippen molar-refractivity contribution in [2.45, 2.75) is 31.1 Å². The highest BCUT2D eigenvalue weighted by Gasteiger charge is 2.32. The Bertz CT molecular complexity index is 1860. The molecule has 0 spiro atoms. The first kappa shape index (κ1) is 27.3. The molecule has 1 aliphatic rings. The molecule has 1 fully saturated rings. The molecule has 6 rings (SSSR count). The quantitative estimate of drug-likeness (QED) is 0.150. The summed E-state index contributed by atoms with van der Waals surface area (Å²) in [5.74, 6) is -2.48. The first-order chi connectivity index (χ1) is 20.1. The van der Waals surface area contributed by atoms with E-state index in [4.69, 9.17) is 11.6 Å². The molecule has 5 aromatic rings. The molecule has 8 nitrogen and oxygen atoms in total. The molecule has 3 aromatic heterocycles. The number of anilines is 3. The summed E-state index contributed by atoms with van der Waals surface area (Å²) in [7, 11) is 0. The van der Waals surface area contributed by atoms with E-state index in [0.717, 1.165) is 37.2 Å². The number of nitrogens with one attached hydrogen (secondary N) is 2. The highest BCUT2D eigenvalue weighted by Crippen LogP contribution is 2.39. The van der Waals surface area contributed by atoms with E-state index in [1.165, 1.54) is 24.4 Å². The van der Waals surface area contributed by atoms with Gasteiger partial charge in [-0.15, -0.1) is 5.10 Å². The molecule has 0 amide bonds. The Balaban J connectivity index is 1.47. The number of benzene rings is 2. The van der Waals surface area contributed by atoms with E-state index < -0.39 is 29.5 Å². The summed E-state index contributed by atoms with van der Waals surface area (Å²) in [6.45, 7) is 0. The maximum atomic E-state index is 13.9. The number of pyridine rings is 2. The second-order valence-corrected chi connectivity index (χ2v) is 10.1. The zero-order valence-corrected chi connectivity index (χ0v) is 22.0. The lowest BCUT2D eigenvalue weighted by Crippen LogP contribution is -2.15. The molecule has 14 heteroatoms. The number of aromatic nitrogens is 5. The van der Waals surface area contributed by atoms with Gasteiger partial charge in [0, 0.05) is 22.7 Å². The lowest BCUT2D eigenvalue weighted by atomic mass is 10.00. The predicted octanol–water partition coefficient (Wildman–Crippen LogP) is 7.32. The predicted molar refractivity (Wildman–Crippen MR) is 144 cm³/mol. The molecular formula is C28H18ClF5N8. The zero-order valence-electron chi connectivity index (χ0n) is 21.3. The Hall–Kier alpha value is -4.83. The van der Waals surface area contributed by atoms with E-state index in [-0.39, 0.29) is 33.6 Å². The molecule has 0 bridgehead atoms. The molecule has 3 heterocycles. The Morgan fingerprint density at radius 2 is 1.88 bits per heavy atom. The lowest BCUT2D eigenvalue weighted by molar-refractivity contribution is -0.137. The standard InChI is InChI=1S/C28H18ClF5N8/c29-17-7-20-24(38-18-9-21(30)27(31)37-12-18)15(10-35)11-36-26(20)22(8-17)39-25(23-13-42(41-40-23)19-4-5-19)14-2-1-3-16(6-14)28(32,33)34/h1-3,6-9,11-13,19,25,39H,4-5H2,(H,36,38)/t25-/m0/s1. The van der Waals surface area contributed by atoms with E-state index in [2.05, 4.69) is 30.9 Å². The van der Waals surface area contributed by atoms with Gasteiger partial charge in [0.1, 0.15) is 11.8 Å². The van der Waals surface area contributed by atoms with Crippen LogP contribution >= 0.6 is 11.6 Å². The summed E-state index contributed by atoms with van der Waals surface area (Å²) in [6.07, 6.45) is 1.31. The summed E-state index contributed by atoms with van der Waals surface area (Å²) in [4.78, 5) is 7.77. The third-order valence-corrected chi connectivity index (χ3v) is 6.93. The van der Waals surface area contributed by atoms with Crippen molar-refractivity contribution >= 4 is 39.6 Å². The summed E-state index contributed by atoms with van der Waals surface area (Å²) in [5.41, 5.74) is 0.736. The van der Waals surface area contributed by atoms with Crippen molar-refractivity contribution in [3.8, 4) is 6.07 Å². The van der Waals surface area contributed by atoms with Gasteiger partial charge in [0.2, 0.25) is 5.95 Å². The molecule has 42 heavy (non-hydrogen) atoms. The van der Waals surface area contributed by atoms with Gasteiger partial charge in [0.25, 0.3) is 0 Å². The van der Waals surface area contributed by atoms with Crippen LogP contribution in [0.1, 0.15) is 47.3 Å². The normalized spacial score (nSPS) is 14.0. The van der Waals surface area contributed by atoms with Gasteiger partial charge in [-0.2, -0.15) is 22.8 Å². The number of halogens is 6. The first-order valence-electron chi connectivity index (χ1n) is 12.6. The molecule has 0 aliphatic heterocycles. The number of nitrogens with zero attached hydrogens (tertiary/aromatic N) is 6. The van der Waals surface area contributed by atoms with E-state index in [0.29, 0.717) is 22.3 Å². The van der Waals surface area contributed by atoms with Gasteiger partial charge in [0.15, 0.2) is 5.82 Å². The van der Waals surface area contributed by atoms with E-state index in [1.807, 2.05) is 6.07 Å². The van der Waals surface area contributed by atoms with Gasteiger partial charge in [-0.05, 0) is 42.7 Å². The fourth-order valence-corrected chi connectivity index (χ4v) is 4.77. The summed E-state index contributed by atoms with van der Waals surface area (Å²) < 4.78 is 69.8. The van der Waals surface area contributed by atoms with Crippen LogP contribution < -0.4 is 10.6 Å². The monoisotopic (exact) mass is 596 g/mol. The maximum absolute atomic E-state index is 13.9. The largest absolute Gasteiger partial charge is 0.416 e. The average molecular weight is 597 g/mol. The minimum absolute atomic E-state index is 0.0610.